The predicted molar refractivity (Wildman–Crippen MR) is 121 cm³/mol. The first-order chi connectivity index (χ1) is 14.6. The van der Waals surface area contributed by atoms with Crippen molar-refractivity contribution in [1.29, 1.82) is 0 Å². The van der Waals surface area contributed by atoms with E-state index in [2.05, 4.69) is 25.5 Å². The van der Waals surface area contributed by atoms with Crippen molar-refractivity contribution in [3.8, 4) is 0 Å². The number of aromatic nitrogens is 2. The molecule has 2 heterocycles. The monoisotopic (exact) mass is 422 g/mol. The van der Waals surface area contributed by atoms with Crippen LogP contribution in [0.2, 0.25) is 5.02 Å². The number of aryl methyl sites for hydroxylation is 1. The molecular weight excluding hydrogens is 400 g/mol. The Kier molecular flexibility index (Phi) is 5.99. The molecule has 8 heteroatoms. The molecule has 0 saturated carbocycles. The molecule has 1 aliphatic heterocycles. The minimum absolute atomic E-state index is 0.117. The number of nitrogens with zero attached hydrogens (tertiary/aromatic N) is 4. The molecule has 4 rings (SSSR count). The highest BCUT2D eigenvalue weighted by Crippen LogP contribution is 2.20. The first-order valence-electron chi connectivity index (χ1n) is 9.81. The zero-order chi connectivity index (χ0) is 20.9. The first kappa shape index (κ1) is 20.0. The van der Waals surface area contributed by atoms with Gasteiger partial charge in [-0.1, -0.05) is 29.8 Å². The summed E-state index contributed by atoms with van der Waals surface area (Å²) in [7, 11) is 0. The number of nitrogens with one attached hydrogen (secondary N) is 2. The van der Waals surface area contributed by atoms with Gasteiger partial charge in [-0.15, -0.1) is 0 Å². The van der Waals surface area contributed by atoms with Gasteiger partial charge in [0.25, 0.3) is 0 Å². The standard InChI is InChI=1S/C22H23ClN6O/c1-16-15-20(25-18-5-3-2-4-6-18)27-21(24-16)28-11-13-29(14-12-28)22(30)26-19-9-7-17(23)8-10-19/h2-10,15H,11-14H2,1H3,(H,26,30)(H,24,25,27). The molecule has 2 amide bonds. The van der Waals surface area contributed by atoms with Gasteiger partial charge in [0.2, 0.25) is 5.95 Å². The molecule has 1 saturated heterocycles. The first-order valence-corrected chi connectivity index (χ1v) is 10.2. The molecule has 0 atom stereocenters. The van der Waals surface area contributed by atoms with E-state index >= 15 is 0 Å². The Morgan fingerprint density at radius 3 is 2.33 bits per heavy atom. The van der Waals surface area contributed by atoms with E-state index in [1.54, 1.807) is 29.2 Å². The molecule has 0 aliphatic carbocycles. The second kappa shape index (κ2) is 9.00. The van der Waals surface area contributed by atoms with Crippen LogP contribution in [-0.2, 0) is 0 Å². The van der Waals surface area contributed by atoms with Gasteiger partial charge in [0, 0.05) is 54.3 Å². The smallest absolute Gasteiger partial charge is 0.321 e. The number of carbonyl (C=O) groups excluding carboxylic acids is 1. The summed E-state index contributed by atoms with van der Waals surface area (Å²) in [5.74, 6) is 1.43. The molecule has 1 aliphatic rings. The molecule has 0 spiro atoms. The van der Waals surface area contributed by atoms with Crippen LogP contribution in [0.4, 0.5) is 27.9 Å². The maximum absolute atomic E-state index is 12.5. The summed E-state index contributed by atoms with van der Waals surface area (Å²) in [6.45, 7) is 4.48. The summed E-state index contributed by atoms with van der Waals surface area (Å²) in [5, 5.41) is 6.87. The van der Waals surface area contributed by atoms with E-state index in [-0.39, 0.29) is 6.03 Å². The summed E-state index contributed by atoms with van der Waals surface area (Å²) < 4.78 is 0. The second-order valence-corrected chi connectivity index (χ2v) is 7.53. The quantitative estimate of drug-likeness (QED) is 0.645. The van der Waals surface area contributed by atoms with E-state index in [1.165, 1.54) is 0 Å². The van der Waals surface area contributed by atoms with Crippen molar-refractivity contribution in [1.82, 2.24) is 14.9 Å². The number of anilines is 4. The number of rotatable bonds is 4. The topological polar surface area (TPSA) is 73.4 Å². The lowest BCUT2D eigenvalue weighted by Crippen LogP contribution is -2.50. The van der Waals surface area contributed by atoms with Gasteiger partial charge in [0.15, 0.2) is 0 Å². The van der Waals surface area contributed by atoms with Crippen molar-refractivity contribution in [3.63, 3.8) is 0 Å². The lowest BCUT2D eigenvalue weighted by molar-refractivity contribution is 0.208. The van der Waals surface area contributed by atoms with Crippen LogP contribution in [0.5, 0.6) is 0 Å². The molecular formula is C22H23ClN6O. The Bertz CT molecular complexity index is 1000. The Balaban J connectivity index is 1.37. The average molecular weight is 423 g/mol. The molecule has 0 unspecified atom stereocenters. The molecule has 1 aromatic heterocycles. The fourth-order valence-electron chi connectivity index (χ4n) is 3.27. The maximum Gasteiger partial charge on any atom is 0.321 e. The minimum atomic E-state index is -0.117. The van der Waals surface area contributed by atoms with Gasteiger partial charge in [0.05, 0.1) is 0 Å². The number of piperazine rings is 1. The third-order valence-corrected chi connectivity index (χ3v) is 5.09. The number of para-hydroxylation sites is 1. The predicted octanol–water partition coefficient (Wildman–Crippen LogP) is 4.54. The zero-order valence-electron chi connectivity index (χ0n) is 16.7. The highest BCUT2D eigenvalue weighted by Gasteiger charge is 2.23. The van der Waals surface area contributed by atoms with E-state index in [0.717, 1.165) is 22.9 Å². The number of hydrogen-bond acceptors (Lipinski definition) is 5. The van der Waals surface area contributed by atoms with E-state index in [1.807, 2.05) is 43.3 Å². The third-order valence-electron chi connectivity index (χ3n) is 4.83. The molecule has 0 radical (unpaired) electrons. The second-order valence-electron chi connectivity index (χ2n) is 7.10. The lowest BCUT2D eigenvalue weighted by atomic mass is 10.3. The molecule has 2 aromatic carbocycles. The van der Waals surface area contributed by atoms with Crippen LogP contribution >= 0.6 is 11.6 Å². The third kappa shape index (κ3) is 4.99. The van der Waals surface area contributed by atoms with Gasteiger partial charge in [-0.05, 0) is 43.3 Å². The normalized spacial score (nSPS) is 13.8. The van der Waals surface area contributed by atoms with Crippen LogP contribution < -0.4 is 15.5 Å². The van der Waals surface area contributed by atoms with Crippen LogP contribution in [0.1, 0.15) is 5.69 Å². The van der Waals surface area contributed by atoms with Crippen molar-refractivity contribution in [2.24, 2.45) is 0 Å². The van der Waals surface area contributed by atoms with Crippen molar-refractivity contribution in [2.75, 3.05) is 41.7 Å². The molecule has 154 valence electrons. The maximum atomic E-state index is 12.5. The fraction of sp³-hybridized carbons (Fsp3) is 0.227. The summed E-state index contributed by atoms with van der Waals surface area (Å²) in [6, 6.07) is 18.8. The fourth-order valence-corrected chi connectivity index (χ4v) is 3.40. The number of carbonyl (C=O) groups is 1. The number of benzene rings is 2. The highest BCUT2D eigenvalue weighted by molar-refractivity contribution is 6.30. The Hall–Kier alpha value is -3.32. The van der Waals surface area contributed by atoms with Crippen molar-refractivity contribution < 1.29 is 4.79 Å². The Morgan fingerprint density at radius 2 is 1.63 bits per heavy atom. The highest BCUT2D eigenvalue weighted by atomic mass is 35.5. The van der Waals surface area contributed by atoms with Crippen LogP contribution in [-0.4, -0.2) is 47.1 Å². The van der Waals surface area contributed by atoms with Gasteiger partial charge in [0.1, 0.15) is 5.82 Å². The zero-order valence-corrected chi connectivity index (χ0v) is 17.4. The average Bonchev–Trinajstić information content (AvgIpc) is 2.76. The number of halogens is 1. The van der Waals surface area contributed by atoms with Crippen molar-refractivity contribution >= 4 is 40.8 Å². The number of urea groups is 1. The Morgan fingerprint density at radius 1 is 0.933 bits per heavy atom. The lowest BCUT2D eigenvalue weighted by Gasteiger charge is -2.34. The van der Waals surface area contributed by atoms with Crippen molar-refractivity contribution in [2.45, 2.75) is 6.92 Å². The van der Waals surface area contributed by atoms with E-state index in [0.29, 0.717) is 37.1 Å². The number of amides is 2. The van der Waals surface area contributed by atoms with E-state index < -0.39 is 0 Å². The molecule has 2 N–H and O–H groups in total. The molecule has 7 nitrogen and oxygen atoms in total. The largest absolute Gasteiger partial charge is 0.340 e. The summed E-state index contributed by atoms with van der Waals surface area (Å²) >= 11 is 5.89. The molecule has 3 aromatic rings. The SMILES string of the molecule is Cc1cc(Nc2ccccc2)nc(N2CCN(C(=O)Nc3ccc(Cl)cc3)CC2)n1. The van der Waals surface area contributed by atoms with Crippen LogP contribution in [0.15, 0.2) is 60.7 Å². The molecule has 0 bridgehead atoms. The van der Waals surface area contributed by atoms with Gasteiger partial charge >= 0.3 is 6.03 Å². The van der Waals surface area contributed by atoms with Crippen LogP contribution in [0.25, 0.3) is 0 Å². The van der Waals surface area contributed by atoms with Crippen LogP contribution in [0.3, 0.4) is 0 Å². The van der Waals surface area contributed by atoms with Gasteiger partial charge in [-0.3, -0.25) is 0 Å². The minimum Gasteiger partial charge on any atom is -0.340 e. The number of hydrogen-bond donors (Lipinski definition) is 2. The summed E-state index contributed by atoms with van der Waals surface area (Å²) in [6.07, 6.45) is 0. The van der Waals surface area contributed by atoms with Gasteiger partial charge in [-0.25, -0.2) is 9.78 Å². The van der Waals surface area contributed by atoms with Gasteiger partial charge in [-0.2, -0.15) is 4.98 Å². The molecule has 1 fully saturated rings. The van der Waals surface area contributed by atoms with E-state index in [9.17, 15) is 4.79 Å². The van der Waals surface area contributed by atoms with Gasteiger partial charge < -0.3 is 20.4 Å². The summed E-state index contributed by atoms with van der Waals surface area (Å²) in [4.78, 5) is 25.7. The summed E-state index contributed by atoms with van der Waals surface area (Å²) in [5.41, 5.74) is 2.59. The van der Waals surface area contributed by atoms with Crippen LogP contribution in [0, 0.1) is 6.92 Å². The van der Waals surface area contributed by atoms with E-state index in [4.69, 9.17) is 11.6 Å². The Labute approximate surface area is 180 Å². The van der Waals surface area contributed by atoms with Crippen molar-refractivity contribution in [3.05, 3.63) is 71.4 Å². The molecule has 30 heavy (non-hydrogen) atoms.